The highest BCUT2D eigenvalue weighted by Crippen LogP contribution is 2.09. The van der Waals surface area contributed by atoms with Gasteiger partial charge in [0.1, 0.15) is 5.67 Å². The molecule has 0 aliphatic carbocycles. The first-order chi connectivity index (χ1) is 7.68. The van der Waals surface area contributed by atoms with Crippen LogP contribution in [0.2, 0.25) is 0 Å². The third kappa shape index (κ3) is 5.25. The third-order valence-electron chi connectivity index (χ3n) is 2.13. The third-order valence-corrected chi connectivity index (χ3v) is 3.06. The number of alkyl halides is 1. The number of nitrogens with two attached hydrogens (primary N) is 1. The van der Waals surface area contributed by atoms with Gasteiger partial charge < -0.3 is 5.32 Å². The zero-order chi connectivity index (χ0) is 13.1. The van der Waals surface area contributed by atoms with Crippen molar-refractivity contribution in [3.63, 3.8) is 0 Å². The van der Waals surface area contributed by atoms with Crippen LogP contribution in [0.5, 0.6) is 0 Å². The Morgan fingerprint density at radius 3 is 2.24 bits per heavy atom. The molecule has 0 atom stereocenters. The molecule has 1 aromatic rings. The molecular formula is C11H17FN2O2S. The molecule has 0 saturated carbocycles. The predicted molar refractivity (Wildman–Crippen MR) is 64.7 cm³/mol. The van der Waals surface area contributed by atoms with Gasteiger partial charge >= 0.3 is 0 Å². The number of primary sulfonamides is 1. The second kappa shape index (κ2) is 5.12. The molecule has 0 amide bonds. The highest BCUT2D eigenvalue weighted by Gasteiger charge is 2.14. The van der Waals surface area contributed by atoms with E-state index >= 15 is 0 Å². The van der Waals surface area contributed by atoms with Crippen molar-refractivity contribution in [3.8, 4) is 0 Å². The first-order valence-electron chi connectivity index (χ1n) is 5.20. The fourth-order valence-electron chi connectivity index (χ4n) is 1.30. The van der Waals surface area contributed by atoms with Crippen molar-refractivity contribution in [1.82, 2.24) is 5.32 Å². The average Bonchev–Trinajstić information content (AvgIpc) is 2.15. The maximum atomic E-state index is 13.2. The number of hydrogen-bond acceptors (Lipinski definition) is 3. The van der Waals surface area contributed by atoms with Gasteiger partial charge in [0, 0.05) is 13.1 Å². The summed E-state index contributed by atoms with van der Waals surface area (Å²) >= 11 is 0. The second-order valence-corrected chi connectivity index (χ2v) is 6.07. The van der Waals surface area contributed by atoms with Gasteiger partial charge in [0.2, 0.25) is 10.0 Å². The van der Waals surface area contributed by atoms with Gasteiger partial charge in [0.15, 0.2) is 0 Å². The summed E-state index contributed by atoms with van der Waals surface area (Å²) in [5.41, 5.74) is -0.387. The van der Waals surface area contributed by atoms with E-state index in [1.54, 1.807) is 12.1 Å². The number of nitrogens with one attached hydrogen (secondary N) is 1. The molecule has 17 heavy (non-hydrogen) atoms. The lowest BCUT2D eigenvalue weighted by molar-refractivity contribution is 0.210. The molecule has 0 unspecified atom stereocenters. The largest absolute Gasteiger partial charge is 0.310 e. The Hall–Kier alpha value is -0.980. The average molecular weight is 260 g/mol. The first kappa shape index (κ1) is 14.1. The van der Waals surface area contributed by atoms with E-state index in [0.717, 1.165) is 5.56 Å². The molecule has 4 nitrogen and oxygen atoms in total. The van der Waals surface area contributed by atoms with Crippen molar-refractivity contribution in [3.05, 3.63) is 29.8 Å². The van der Waals surface area contributed by atoms with Gasteiger partial charge in [-0.25, -0.2) is 17.9 Å². The van der Waals surface area contributed by atoms with Crippen LogP contribution in [0.1, 0.15) is 19.4 Å². The summed E-state index contributed by atoms with van der Waals surface area (Å²) < 4.78 is 35.2. The molecule has 0 heterocycles. The summed E-state index contributed by atoms with van der Waals surface area (Å²) in [6, 6.07) is 6.18. The van der Waals surface area contributed by atoms with Crippen molar-refractivity contribution in [1.29, 1.82) is 0 Å². The Kier molecular flexibility index (Phi) is 4.24. The van der Waals surface area contributed by atoms with Crippen LogP contribution in [0, 0.1) is 0 Å². The minimum Gasteiger partial charge on any atom is -0.310 e. The van der Waals surface area contributed by atoms with E-state index < -0.39 is 15.7 Å². The fraction of sp³-hybridized carbons (Fsp3) is 0.455. The van der Waals surface area contributed by atoms with Crippen LogP contribution in [0.3, 0.4) is 0 Å². The molecule has 0 aromatic heterocycles. The molecule has 0 fully saturated rings. The summed E-state index contributed by atoms with van der Waals surface area (Å²) in [6.07, 6.45) is 0. The van der Waals surface area contributed by atoms with Gasteiger partial charge in [-0.15, -0.1) is 0 Å². The van der Waals surface area contributed by atoms with E-state index in [1.165, 1.54) is 26.0 Å². The normalized spacial score (nSPS) is 12.7. The lowest BCUT2D eigenvalue weighted by Gasteiger charge is -2.14. The van der Waals surface area contributed by atoms with E-state index in [2.05, 4.69) is 5.32 Å². The van der Waals surface area contributed by atoms with Crippen LogP contribution in [-0.4, -0.2) is 20.6 Å². The number of benzene rings is 1. The summed E-state index contributed by atoms with van der Waals surface area (Å²) in [5.74, 6) is 0. The van der Waals surface area contributed by atoms with Crippen LogP contribution in [0.4, 0.5) is 4.39 Å². The Morgan fingerprint density at radius 2 is 1.82 bits per heavy atom. The zero-order valence-electron chi connectivity index (χ0n) is 9.90. The van der Waals surface area contributed by atoms with E-state index in [4.69, 9.17) is 5.14 Å². The molecule has 96 valence electrons. The summed E-state index contributed by atoms with van der Waals surface area (Å²) in [4.78, 5) is 0.0760. The molecule has 0 spiro atoms. The van der Waals surface area contributed by atoms with E-state index in [0.29, 0.717) is 6.54 Å². The van der Waals surface area contributed by atoms with Gasteiger partial charge in [-0.2, -0.15) is 0 Å². The Labute approximate surface area is 101 Å². The SMILES string of the molecule is CC(C)(F)CNCc1ccc(S(N)(=O)=O)cc1. The van der Waals surface area contributed by atoms with Crippen LogP contribution < -0.4 is 10.5 Å². The lowest BCUT2D eigenvalue weighted by Crippen LogP contribution is -2.30. The molecule has 1 rings (SSSR count). The van der Waals surface area contributed by atoms with Crippen LogP contribution in [-0.2, 0) is 16.6 Å². The number of halogens is 1. The Balaban J connectivity index is 2.58. The first-order valence-corrected chi connectivity index (χ1v) is 6.74. The number of sulfonamides is 1. The summed E-state index contributed by atoms with van der Waals surface area (Å²) in [5, 5.41) is 7.92. The lowest BCUT2D eigenvalue weighted by atomic mass is 10.1. The predicted octanol–water partition coefficient (Wildman–Crippen LogP) is 1.17. The van der Waals surface area contributed by atoms with Gasteiger partial charge in [-0.3, -0.25) is 0 Å². The highest BCUT2D eigenvalue weighted by atomic mass is 32.2. The van der Waals surface area contributed by atoms with Crippen molar-refractivity contribution in [2.75, 3.05) is 6.54 Å². The van der Waals surface area contributed by atoms with Crippen LogP contribution in [0.15, 0.2) is 29.2 Å². The van der Waals surface area contributed by atoms with Gasteiger partial charge in [-0.05, 0) is 31.5 Å². The molecular weight excluding hydrogens is 243 g/mol. The maximum Gasteiger partial charge on any atom is 0.238 e. The molecule has 1 aromatic carbocycles. The number of hydrogen-bond donors (Lipinski definition) is 2. The number of rotatable bonds is 5. The molecule has 0 radical (unpaired) electrons. The van der Waals surface area contributed by atoms with E-state index in [1.807, 2.05) is 0 Å². The highest BCUT2D eigenvalue weighted by molar-refractivity contribution is 7.89. The van der Waals surface area contributed by atoms with Crippen molar-refractivity contribution < 1.29 is 12.8 Å². The second-order valence-electron chi connectivity index (χ2n) is 4.51. The minimum absolute atomic E-state index is 0.0760. The molecule has 0 saturated heterocycles. The quantitative estimate of drug-likeness (QED) is 0.834. The monoisotopic (exact) mass is 260 g/mol. The van der Waals surface area contributed by atoms with Crippen LogP contribution >= 0.6 is 0 Å². The molecule has 0 bridgehead atoms. The van der Waals surface area contributed by atoms with E-state index in [-0.39, 0.29) is 11.4 Å². The summed E-state index contributed by atoms with van der Waals surface area (Å²) in [7, 11) is -3.64. The van der Waals surface area contributed by atoms with Gasteiger partial charge in [0.25, 0.3) is 0 Å². The maximum absolute atomic E-state index is 13.2. The standard InChI is InChI=1S/C11H17FN2O2S/c1-11(2,12)8-14-7-9-3-5-10(6-4-9)17(13,15)16/h3-6,14H,7-8H2,1-2H3,(H2,13,15,16). The topological polar surface area (TPSA) is 72.2 Å². The van der Waals surface area contributed by atoms with Gasteiger partial charge in [0.05, 0.1) is 4.90 Å². The smallest absolute Gasteiger partial charge is 0.238 e. The molecule has 0 aliphatic rings. The van der Waals surface area contributed by atoms with Gasteiger partial charge in [-0.1, -0.05) is 12.1 Å². The molecule has 3 N–H and O–H groups in total. The Morgan fingerprint density at radius 1 is 1.29 bits per heavy atom. The van der Waals surface area contributed by atoms with Crippen molar-refractivity contribution in [2.24, 2.45) is 5.14 Å². The van der Waals surface area contributed by atoms with Crippen molar-refractivity contribution >= 4 is 10.0 Å². The Bertz CT molecular complexity index is 463. The summed E-state index contributed by atoms with van der Waals surface area (Å²) in [6.45, 7) is 3.70. The zero-order valence-corrected chi connectivity index (χ0v) is 10.7. The van der Waals surface area contributed by atoms with E-state index in [9.17, 15) is 12.8 Å². The molecule has 0 aliphatic heterocycles. The fourth-order valence-corrected chi connectivity index (χ4v) is 1.82. The molecule has 6 heteroatoms. The minimum atomic E-state index is -3.64. The van der Waals surface area contributed by atoms with Crippen molar-refractivity contribution in [2.45, 2.75) is 31.0 Å². The van der Waals surface area contributed by atoms with Crippen LogP contribution in [0.25, 0.3) is 0 Å².